The van der Waals surface area contributed by atoms with Crippen LogP contribution in [0.5, 0.6) is 5.75 Å². The number of thiophene rings is 1. The Bertz CT molecular complexity index is 1020. The first kappa shape index (κ1) is 20.6. The number of anilines is 1. The number of benzene rings is 1. The Balaban J connectivity index is 1.58. The van der Waals surface area contributed by atoms with Crippen LogP contribution in [-0.4, -0.2) is 39.1 Å². The summed E-state index contributed by atoms with van der Waals surface area (Å²) in [6.07, 6.45) is 0.540. The van der Waals surface area contributed by atoms with Gasteiger partial charge in [-0.25, -0.2) is 8.42 Å². The maximum Gasteiger partial charge on any atom is 0.262 e. The molecule has 1 aliphatic rings. The van der Waals surface area contributed by atoms with Crippen LogP contribution in [-0.2, 0) is 25.8 Å². The Morgan fingerprint density at radius 1 is 1.39 bits per heavy atom. The first-order valence-corrected chi connectivity index (χ1v) is 11.5. The highest BCUT2D eigenvalue weighted by atomic mass is 35.5. The van der Waals surface area contributed by atoms with Gasteiger partial charge in [-0.2, -0.15) is 0 Å². The van der Waals surface area contributed by atoms with Gasteiger partial charge >= 0.3 is 0 Å². The summed E-state index contributed by atoms with van der Waals surface area (Å²) < 4.78 is 30.5. The Hall–Kier alpha value is -2.10. The summed E-state index contributed by atoms with van der Waals surface area (Å²) in [5.41, 5.74) is 1.50. The van der Waals surface area contributed by atoms with E-state index in [4.69, 9.17) is 16.3 Å². The number of carbonyl (C=O) groups excluding carboxylic acids is 2. The maximum absolute atomic E-state index is 12.6. The van der Waals surface area contributed by atoms with Gasteiger partial charge in [0.05, 0.1) is 21.4 Å². The minimum absolute atomic E-state index is 0.0295. The number of fused-ring (bicyclic) bond motifs is 1. The SMILES string of the molecule is Cc1ccsc1CCNC(=O)CCS(=O)(=O)c1cc2c(cc1Cl)NC(=O)CO2. The van der Waals surface area contributed by atoms with Crippen LogP contribution in [0.4, 0.5) is 5.69 Å². The van der Waals surface area contributed by atoms with Crippen molar-refractivity contribution in [2.24, 2.45) is 0 Å². The third-order valence-corrected chi connectivity index (χ3v) is 7.50. The second-order valence-corrected chi connectivity index (χ2v) is 9.80. The number of aryl methyl sites for hydroxylation is 1. The number of carbonyl (C=O) groups is 2. The fourth-order valence-electron chi connectivity index (χ4n) is 2.72. The molecule has 10 heteroatoms. The van der Waals surface area contributed by atoms with Crippen LogP contribution in [0.1, 0.15) is 16.9 Å². The van der Waals surface area contributed by atoms with Crippen LogP contribution in [0.25, 0.3) is 0 Å². The molecule has 2 amide bonds. The zero-order valence-corrected chi connectivity index (χ0v) is 17.5. The summed E-state index contributed by atoms with van der Waals surface area (Å²) in [5.74, 6) is -0.816. The molecule has 28 heavy (non-hydrogen) atoms. The number of hydrogen-bond donors (Lipinski definition) is 2. The van der Waals surface area contributed by atoms with Gasteiger partial charge in [0.1, 0.15) is 5.75 Å². The van der Waals surface area contributed by atoms with E-state index in [9.17, 15) is 18.0 Å². The molecule has 0 atom stereocenters. The summed E-state index contributed by atoms with van der Waals surface area (Å²) in [6, 6.07) is 4.64. The minimum atomic E-state index is -3.79. The molecule has 0 saturated carbocycles. The fourth-order valence-corrected chi connectivity index (χ4v) is 5.46. The summed E-state index contributed by atoms with van der Waals surface area (Å²) in [4.78, 5) is 24.4. The van der Waals surface area contributed by atoms with E-state index in [0.29, 0.717) is 18.7 Å². The molecule has 1 aliphatic heterocycles. The second kappa shape index (κ2) is 8.50. The molecule has 0 aliphatic carbocycles. The van der Waals surface area contributed by atoms with Crippen LogP contribution in [0.3, 0.4) is 0 Å². The van der Waals surface area contributed by atoms with Crippen LogP contribution >= 0.6 is 22.9 Å². The van der Waals surface area contributed by atoms with E-state index < -0.39 is 9.84 Å². The van der Waals surface area contributed by atoms with Crippen molar-refractivity contribution in [1.29, 1.82) is 0 Å². The number of halogens is 1. The van der Waals surface area contributed by atoms with Crippen LogP contribution in [0.2, 0.25) is 5.02 Å². The monoisotopic (exact) mass is 442 g/mol. The van der Waals surface area contributed by atoms with Crippen molar-refractivity contribution in [2.75, 3.05) is 24.2 Å². The van der Waals surface area contributed by atoms with Gasteiger partial charge in [-0.15, -0.1) is 11.3 Å². The molecule has 1 aromatic carbocycles. The highest BCUT2D eigenvalue weighted by molar-refractivity contribution is 7.91. The maximum atomic E-state index is 12.6. The van der Waals surface area contributed by atoms with Gasteiger partial charge in [0.25, 0.3) is 5.91 Å². The zero-order chi connectivity index (χ0) is 20.3. The Labute approximate surface area is 172 Å². The highest BCUT2D eigenvalue weighted by Crippen LogP contribution is 2.36. The van der Waals surface area contributed by atoms with Gasteiger partial charge in [-0.1, -0.05) is 11.6 Å². The number of ether oxygens (including phenoxy) is 1. The first-order chi connectivity index (χ1) is 13.3. The summed E-state index contributed by atoms with van der Waals surface area (Å²) in [7, 11) is -3.79. The lowest BCUT2D eigenvalue weighted by Gasteiger charge is -2.19. The Morgan fingerprint density at radius 2 is 2.18 bits per heavy atom. The molecule has 0 radical (unpaired) electrons. The van der Waals surface area contributed by atoms with Crippen LogP contribution in [0, 0.1) is 6.92 Å². The lowest BCUT2D eigenvalue weighted by atomic mass is 10.2. The van der Waals surface area contributed by atoms with Crippen molar-refractivity contribution in [2.45, 2.75) is 24.7 Å². The van der Waals surface area contributed by atoms with Crippen molar-refractivity contribution >= 4 is 50.3 Å². The third kappa shape index (κ3) is 4.84. The predicted molar refractivity (Wildman–Crippen MR) is 108 cm³/mol. The van der Waals surface area contributed by atoms with Crippen molar-refractivity contribution in [3.63, 3.8) is 0 Å². The van der Waals surface area contributed by atoms with Crippen molar-refractivity contribution in [1.82, 2.24) is 5.32 Å². The van der Waals surface area contributed by atoms with E-state index in [0.717, 1.165) is 0 Å². The van der Waals surface area contributed by atoms with Gasteiger partial charge in [0.15, 0.2) is 16.4 Å². The topological polar surface area (TPSA) is 102 Å². The van der Waals surface area contributed by atoms with E-state index in [1.807, 2.05) is 18.4 Å². The molecule has 2 N–H and O–H groups in total. The number of nitrogens with one attached hydrogen (secondary N) is 2. The standard InChI is InChI=1S/C18H19ClN2O5S2/c1-11-3-6-27-15(11)2-5-20-17(22)4-7-28(24,25)16-9-14-13(8-12(16)19)21-18(23)10-26-14/h3,6,8-9H,2,4-5,7,10H2,1H3,(H,20,22)(H,21,23). The normalized spacial score (nSPS) is 13.4. The second-order valence-electron chi connectivity index (χ2n) is 6.31. The number of rotatable bonds is 7. The Kier molecular flexibility index (Phi) is 6.26. The minimum Gasteiger partial charge on any atom is -0.482 e. The molecular weight excluding hydrogens is 424 g/mol. The van der Waals surface area contributed by atoms with Gasteiger partial charge in [-0.05, 0) is 36.4 Å². The molecule has 7 nitrogen and oxygen atoms in total. The highest BCUT2D eigenvalue weighted by Gasteiger charge is 2.25. The first-order valence-electron chi connectivity index (χ1n) is 8.55. The molecule has 3 rings (SSSR count). The zero-order valence-electron chi connectivity index (χ0n) is 15.1. The van der Waals surface area contributed by atoms with E-state index in [2.05, 4.69) is 10.6 Å². The lowest BCUT2D eigenvalue weighted by molar-refractivity contribution is -0.120. The van der Waals surface area contributed by atoms with E-state index >= 15 is 0 Å². The van der Waals surface area contributed by atoms with Gasteiger partial charge in [0.2, 0.25) is 5.91 Å². The molecule has 0 saturated heterocycles. The number of sulfone groups is 1. The predicted octanol–water partition coefficient (Wildman–Crippen LogP) is 2.56. The van der Waals surface area contributed by atoms with Crippen LogP contribution < -0.4 is 15.4 Å². The molecule has 2 aromatic rings. The largest absolute Gasteiger partial charge is 0.482 e. The van der Waals surface area contributed by atoms with Gasteiger partial charge in [0, 0.05) is 23.9 Å². The van der Waals surface area contributed by atoms with E-state index in [1.54, 1.807) is 11.3 Å². The molecule has 1 aromatic heterocycles. The average Bonchev–Trinajstić information content (AvgIpc) is 3.04. The third-order valence-electron chi connectivity index (χ3n) is 4.24. The van der Waals surface area contributed by atoms with Gasteiger partial charge in [-0.3, -0.25) is 9.59 Å². The molecular formula is C18H19ClN2O5S2. The smallest absolute Gasteiger partial charge is 0.262 e. The lowest BCUT2D eigenvalue weighted by Crippen LogP contribution is -2.28. The molecule has 0 spiro atoms. The van der Waals surface area contributed by atoms with Crippen molar-refractivity contribution in [3.05, 3.63) is 39.0 Å². The van der Waals surface area contributed by atoms with E-state index in [-0.39, 0.29) is 46.3 Å². The number of hydrogen-bond acceptors (Lipinski definition) is 6. The Morgan fingerprint density at radius 3 is 2.89 bits per heavy atom. The van der Waals surface area contributed by atoms with Gasteiger partial charge < -0.3 is 15.4 Å². The fraction of sp³-hybridized carbons (Fsp3) is 0.333. The van der Waals surface area contributed by atoms with Crippen molar-refractivity contribution < 1.29 is 22.7 Å². The molecule has 2 heterocycles. The van der Waals surface area contributed by atoms with Crippen LogP contribution in [0.15, 0.2) is 28.5 Å². The number of amides is 2. The summed E-state index contributed by atoms with van der Waals surface area (Å²) >= 11 is 7.71. The molecule has 0 bridgehead atoms. The molecule has 0 unspecified atom stereocenters. The van der Waals surface area contributed by atoms with E-state index in [1.165, 1.54) is 22.6 Å². The average molecular weight is 443 g/mol. The summed E-state index contributed by atoms with van der Waals surface area (Å²) in [6.45, 7) is 2.27. The molecule has 150 valence electrons. The quantitative estimate of drug-likeness (QED) is 0.686. The molecule has 0 fully saturated rings. The summed E-state index contributed by atoms with van der Waals surface area (Å²) in [5, 5.41) is 7.27. The van der Waals surface area contributed by atoms with Crippen molar-refractivity contribution in [3.8, 4) is 5.75 Å².